The lowest BCUT2D eigenvalue weighted by Crippen LogP contribution is -2.34. The van der Waals surface area contributed by atoms with Crippen molar-refractivity contribution in [2.75, 3.05) is 11.9 Å². The average Bonchev–Trinajstić information content (AvgIpc) is 2.84. The number of rotatable bonds is 4. The van der Waals surface area contributed by atoms with E-state index < -0.39 is 0 Å². The highest BCUT2D eigenvalue weighted by molar-refractivity contribution is 6.34. The zero-order valence-electron chi connectivity index (χ0n) is 11.6. The Morgan fingerprint density at radius 1 is 1.32 bits per heavy atom. The lowest BCUT2D eigenvalue weighted by atomic mass is 10.1. The second kappa shape index (κ2) is 6.40. The number of carbonyl (C=O) groups excluding carboxylic acids is 1. The van der Waals surface area contributed by atoms with Crippen molar-refractivity contribution >= 4 is 23.2 Å². The van der Waals surface area contributed by atoms with E-state index in [0.717, 1.165) is 16.8 Å². The van der Waals surface area contributed by atoms with Crippen LogP contribution < -0.4 is 10.6 Å². The highest BCUT2D eigenvalue weighted by atomic mass is 35.5. The number of amides is 1. The summed E-state index contributed by atoms with van der Waals surface area (Å²) in [6.45, 7) is 4.30. The molecular weight excluding hydrogens is 260 g/mol. The topological polar surface area (TPSA) is 41.1 Å². The molecule has 2 rings (SSSR count). The van der Waals surface area contributed by atoms with Crippen LogP contribution >= 0.6 is 11.6 Å². The van der Waals surface area contributed by atoms with Crippen molar-refractivity contribution in [2.24, 2.45) is 0 Å². The Morgan fingerprint density at radius 3 is 2.63 bits per heavy atom. The van der Waals surface area contributed by atoms with Gasteiger partial charge in [0.2, 0.25) is 5.91 Å². The van der Waals surface area contributed by atoms with Gasteiger partial charge in [0.1, 0.15) is 0 Å². The SMILES string of the molecule is Cc1cc(C)c(NC(=O)CNC2CCCC2)c(Cl)c1. The van der Waals surface area contributed by atoms with Gasteiger partial charge in [-0.15, -0.1) is 0 Å². The Kier molecular flexibility index (Phi) is 4.83. The Bertz CT molecular complexity index is 444. The van der Waals surface area contributed by atoms with Crippen LogP contribution in [0.5, 0.6) is 0 Å². The predicted octanol–water partition coefficient (Wildman–Crippen LogP) is 3.43. The zero-order valence-corrected chi connectivity index (χ0v) is 12.3. The third-order valence-corrected chi connectivity index (χ3v) is 3.90. The number of anilines is 1. The fourth-order valence-corrected chi connectivity index (χ4v) is 2.99. The van der Waals surface area contributed by atoms with E-state index in [1.54, 1.807) is 0 Å². The lowest BCUT2D eigenvalue weighted by molar-refractivity contribution is -0.115. The van der Waals surface area contributed by atoms with Crippen LogP contribution in [0.2, 0.25) is 5.02 Å². The second-order valence-corrected chi connectivity index (χ2v) is 5.76. The van der Waals surface area contributed by atoms with Crippen molar-refractivity contribution in [1.82, 2.24) is 5.32 Å². The first-order valence-corrected chi connectivity index (χ1v) is 7.24. The number of hydrogen-bond acceptors (Lipinski definition) is 2. The second-order valence-electron chi connectivity index (χ2n) is 5.35. The van der Waals surface area contributed by atoms with Crippen LogP contribution in [0.15, 0.2) is 12.1 Å². The molecule has 1 aliphatic carbocycles. The summed E-state index contributed by atoms with van der Waals surface area (Å²) in [5.74, 6) is -0.0271. The van der Waals surface area contributed by atoms with Crippen LogP contribution in [-0.2, 0) is 4.79 Å². The first kappa shape index (κ1) is 14.4. The third kappa shape index (κ3) is 3.95. The zero-order chi connectivity index (χ0) is 13.8. The summed E-state index contributed by atoms with van der Waals surface area (Å²) in [4.78, 5) is 11.9. The average molecular weight is 281 g/mol. The number of benzene rings is 1. The molecule has 0 radical (unpaired) electrons. The molecule has 0 saturated heterocycles. The molecule has 2 N–H and O–H groups in total. The maximum Gasteiger partial charge on any atom is 0.238 e. The Labute approximate surface area is 119 Å². The summed E-state index contributed by atoms with van der Waals surface area (Å²) >= 11 is 6.17. The first-order valence-electron chi connectivity index (χ1n) is 6.86. The van der Waals surface area contributed by atoms with E-state index in [4.69, 9.17) is 11.6 Å². The predicted molar refractivity (Wildman–Crippen MR) is 79.8 cm³/mol. The van der Waals surface area contributed by atoms with E-state index in [0.29, 0.717) is 17.6 Å². The van der Waals surface area contributed by atoms with Gasteiger partial charge in [0.15, 0.2) is 0 Å². The van der Waals surface area contributed by atoms with Crippen molar-refractivity contribution in [3.05, 3.63) is 28.3 Å². The minimum Gasteiger partial charge on any atom is -0.323 e. The summed E-state index contributed by atoms with van der Waals surface area (Å²) in [6, 6.07) is 4.39. The lowest BCUT2D eigenvalue weighted by Gasteiger charge is -2.14. The summed E-state index contributed by atoms with van der Waals surface area (Å²) in [5.41, 5.74) is 2.83. The van der Waals surface area contributed by atoms with Crippen molar-refractivity contribution in [1.29, 1.82) is 0 Å². The smallest absolute Gasteiger partial charge is 0.238 e. The summed E-state index contributed by atoms with van der Waals surface area (Å²) < 4.78 is 0. The van der Waals surface area contributed by atoms with Crippen LogP contribution in [0.1, 0.15) is 36.8 Å². The molecule has 0 aliphatic heterocycles. The van der Waals surface area contributed by atoms with Crippen LogP contribution in [-0.4, -0.2) is 18.5 Å². The van der Waals surface area contributed by atoms with Gasteiger partial charge in [-0.25, -0.2) is 0 Å². The fraction of sp³-hybridized carbons (Fsp3) is 0.533. The van der Waals surface area contributed by atoms with Gasteiger partial charge in [-0.3, -0.25) is 4.79 Å². The number of carbonyl (C=O) groups is 1. The molecule has 0 atom stereocenters. The van der Waals surface area contributed by atoms with Crippen LogP contribution in [0.25, 0.3) is 0 Å². The fourth-order valence-electron chi connectivity index (χ4n) is 2.62. The van der Waals surface area contributed by atoms with Crippen molar-refractivity contribution < 1.29 is 4.79 Å². The molecule has 19 heavy (non-hydrogen) atoms. The molecule has 1 aliphatic rings. The largest absolute Gasteiger partial charge is 0.323 e. The molecule has 1 amide bonds. The van der Waals surface area contributed by atoms with Gasteiger partial charge in [0.05, 0.1) is 17.3 Å². The molecule has 1 fully saturated rings. The normalized spacial score (nSPS) is 15.7. The monoisotopic (exact) mass is 280 g/mol. The van der Waals surface area contributed by atoms with Crippen molar-refractivity contribution in [3.8, 4) is 0 Å². The number of halogens is 1. The molecule has 0 bridgehead atoms. The number of nitrogens with one attached hydrogen (secondary N) is 2. The summed E-state index contributed by atoms with van der Waals surface area (Å²) in [5, 5.41) is 6.80. The third-order valence-electron chi connectivity index (χ3n) is 3.60. The molecule has 1 aromatic carbocycles. The molecule has 1 saturated carbocycles. The Hall–Kier alpha value is -1.06. The molecule has 0 spiro atoms. The van der Waals surface area contributed by atoms with Gasteiger partial charge in [0.25, 0.3) is 0 Å². The molecule has 0 unspecified atom stereocenters. The van der Waals surface area contributed by atoms with E-state index in [-0.39, 0.29) is 5.91 Å². The molecule has 0 heterocycles. The summed E-state index contributed by atoms with van der Waals surface area (Å²) in [7, 11) is 0. The summed E-state index contributed by atoms with van der Waals surface area (Å²) in [6.07, 6.45) is 4.89. The van der Waals surface area contributed by atoms with E-state index in [2.05, 4.69) is 10.6 Å². The molecular formula is C15H21ClN2O. The van der Waals surface area contributed by atoms with E-state index in [1.807, 2.05) is 26.0 Å². The van der Waals surface area contributed by atoms with Gasteiger partial charge in [-0.1, -0.05) is 30.5 Å². The standard InChI is InChI=1S/C15H21ClN2O/c1-10-7-11(2)15(13(16)8-10)18-14(19)9-17-12-5-3-4-6-12/h7-8,12,17H,3-6,9H2,1-2H3,(H,18,19). The van der Waals surface area contributed by atoms with Gasteiger partial charge >= 0.3 is 0 Å². The van der Waals surface area contributed by atoms with Crippen molar-refractivity contribution in [2.45, 2.75) is 45.6 Å². The number of aryl methyl sites for hydroxylation is 2. The van der Waals surface area contributed by atoms with Gasteiger partial charge < -0.3 is 10.6 Å². The minimum absolute atomic E-state index is 0.0271. The van der Waals surface area contributed by atoms with E-state index in [1.165, 1.54) is 25.7 Å². The van der Waals surface area contributed by atoms with E-state index in [9.17, 15) is 4.79 Å². The maximum atomic E-state index is 11.9. The van der Waals surface area contributed by atoms with Gasteiger partial charge in [0, 0.05) is 6.04 Å². The molecule has 1 aromatic rings. The minimum atomic E-state index is -0.0271. The Balaban J connectivity index is 1.91. The van der Waals surface area contributed by atoms with Crippen LogP contribution in [0.4, 0.5) is 5.69 Å². The first-order chi connectivity index (χ1) is 9.06. The van der Waals surface area contributed by atoms with Gasteiger partial charge in [-0.05, 0) is 43.9 Å². The van der Waals surface area contributed by atoms with Crippen LogP contribution in [0.3, 0.4) is 0 Å². The maximum absolute atomic E-state index is 11.9. The van der Waals surface area contributed by atoms with Crippen molar-refractivity contribution in [3.63, 3.8) is 0 Å². The molecule has 104 valence electrons. The highest BCUT2D eigenvalue weighted by Crippen LogP contribution is 2.27. The molecule has 3 nitrogen and oxygen atoms in total. The molecule has 4 heteroatoms. The van der Waals surface area contributed by atoms with E-state index >= 15 is 0 Å². The number of hydrogen-bond donors (Lipinski definition) is 2. The quantitative estimate of drug-likeness (QED) is 0.887. The highest BCUT2D eigenvalue weighted by Gasteiger charge is 2.16. The van der Waals surface area contributed by atoms with Gasteiger partial charge in [-0.2, -0.15) is 0 Å². The molecule has 0 aromatic heterocycles. The Morgan fingerprint density at radius 2 is 2.00 bits per heavy atom. The van der Waals surface area contributed by atoms with Crippen LogP contribution in [0, 0.1) is 13.8 Å².